The topological polar surface area (TPSA) is 70.4 Å². The van der Waals surface area contributed by atoms with Gasteiger partial charge in [0.15, 0.2) is 5.78 Å². The summed E-state index contributed by atoms with van der Waals surface area (Å²) in [5, 5.41) is 18.1. The number of carbonyl (C=O) groups is 1. The number of ketones is 1. The number of Topliss-reactive ketones (excluding diaryl/α,β-unsaturated/α-hetero) is 1. The van der Waals surface area contributed by atoms with E-state index >= 15 is 0 Å². The van der Waals surface area contributed by atoms with Gasteiger partial charge in [-0.05, 0) is 50.5 Å². The second-order valence-corrected chi connectivity index (χ2v) is 8.27. The lowest BCUT2D eigenvalue weighted by Crippen LogP contribution is -2.30. The van der Waals surface area contributed by atoms with Crippen molar-refractivity contribution in [1.29, 1.82) is 5.41 Å². The second kappa shape index (κ2) is 10.5. The largest absolute Gasteiger partial charge is 0.512 e. The quantitative estimate of drug-likeness (QED) is 0.436. The summed E-state index contributed by atoms with van der Waals surface area (Å²) >= 11 is 1.81. The molecule has 0 spiro atoms. The Labute approximate surface area is 160 Å². The maximum absolute atomic E-state index is 12.7. The summed E-state index contributed by atoms with van der Waals surface area (Å²) in [6.07, 6.45) is 3.93. The van der Waals surface area contributed by atoms with Gasteiger partial charge in [-0.1, -0.05) is 25.1 Å². The van der Waals surface area contributed by atoms with Crippen LogP contribution in [0.25, 0.3) is 0 Å². The van der Waals surface area contributed by atoms with Crippen LogP contribution in [0.1, 0.15) is 46.0 Å². The van der Waals surface area contributed by atoms with Crippen LogP contribution in [-0.4, -0.2) is 35.1 Å². The molecular formula is C21H29NO3S. The predicted octanol–water partition coefficient (Wildman–Crippen LogP) is 5.18. The highest BCUT2D eigenvalue weighted by atomic mass is 32.2. The summed E-state index contributed by atoms with van der Waals surface area (Å²) in [5.41, 5.74) is 0.438. The van der Waals surface area contributed by atoms with E-state index in [2.05, 4.69) is 19.1 Å². The highest BCUT2D eigenvalue weighted by Crippen LogP contribution is 2.35. The van der Waals surface area contributed by atoms with Crippen molar-refractivity contribution in [2.75, 3.05) is 6.61 Å². The van der Waals surface area contributed by atoms with Gasteiger partial charge in [-0.3, -0.25) is 4.79 Å². The number of thioether (sulfide) groups is 1. The molecule has 5 heteroatoms. The Bertz CT molecular complexity index is 629. The van der Waals surface area contributed by atoms with E-state index < -0.39 is 6.10 Å². The first kappa shape index (κ1) is 20.7. The maximum Gasteiger partial charge on any atom is 0.165 e. The van der Waals surface area contributed by atoms with Crippen LogP contribution < -0.4 is 0 Å². The van der Waals surface area contributed by atoms with E-state index in [1.54, 1.807) is 0 Å². The van der Waals surface area contributed by atoms with E-state index in [-0.39, 0.29) is 17.5 Å². The SMILES string of the molecule is CCOC(CCC=N)C1=C(O)CC(CC(C)Sc2ccccc2)CC1=O. The average molecular weight is 376 g/mol. The molecule has 1 aromatic carbocycles. The molecule has 0 aliphatic heterocycles. The average Bonchev–Trinajstić information content (AvgIpc) is 2.59. The zero-order valence-electron chi connectivity index (χ0n) is 15.6. The number of allylic oxidation sites excluding steroid dienone is 1. The molecule has 0 radical (unpaired) electrons. The van der Waals surface area contributed by atoms with E-state index in [1.165, 1.54) is 11.1 Å². The van der Waals surface area contributed by atoms with Crippen molar-refractivity contribution in [2.45, 2.75) is 62.2 Å². The first-order valence-electron chi connectivity index (χ1n) is 9.32. The lowest BCUT2D eigenvalue weighted by atomic mass is 9.82. The number of hydrogen-bond acceptors (Lipinski definition) is 5. The monoisotopic (exact) mass is 375 g/mol. The van der Waals surface area contributed by atoms with Crippen LogP contribution >= 0.6 is 11.8 Å². The summed E-state index contributed by atoms with van der Waals surface area (Å²) in [5.74, 6) is 0.355. The van der Waals surface area contributed by atoms with Gasteiger partial charge in [0.05, 0.1) is 11.7 Å². The van der Waals surface area contributed by atoms with Crippen LogP contribution in [0.5, 0.6) is 0 Å². The predicted molar refractivity (Wildman–Crippen MR) is 107 cm³/mol. The summed E-state index contributed by atoms with van der Waals surface area (Å²) < 4.78 is 5.67. The van der Waals surface area contributed by atoms with E-state index in [4.69, 9.17) is 10.1 Å². The molecule has 1 aliphatic rings. The van der Waals surface area contributed by atoms with Crippen molar-refractivity contribution in [3.63, 3.8) is 0 Å². The number of carbonyl (C=O) groups excluding carboxylic acids is 1. The fraction of sp³-hybridized carbons (Fsp3) is 0.524. The molecule has 1 aromatic rings. The van der Waals surface area contributed by atoms with E-state index in [0.29, 0.717) is 43.1 Å². The molecule has 0 bridgehead atoms. The molecule has 0 saturated heterocycles. The smallest absolute Gasteiger partial charge is 0.165 e. The summed E-state index contributed by atoms with van der Waals surface area (Å²) in [6, 6.07) is 10.3. The van der Waals surface area contributed by atoms with Gasteiger partial charge in [0, 0.05) is 29.6 Å². The number of rotatable bonds is 10. The normalized spacial score (nSPS) is 20.1. The van der Waals surface area contributed by atoms with Crippen molar-refractivity contribution in [3.05, 3.63) is 41.7 Å². The molecule has 2 rings (SSSR count). The van der Waals surface area contributed by atoms with Gasteiger partial charge in [0.25, 0.3) is 0 Å². The Balaban J connectivity index is 1.99. The first-order valence-corrected chi connectivity index (χ1v) is 10.2. The molecule has 142 valence electrons. The second-order valence-electron chi connectivity index (χ2n) is 6.76. The molecule has 4 nitrogen and oxygen atoms in total. The standard InChI is InChI=1S/C21H29NO3S/c1-3-25-20(10-7-11-22)21-18(23)13-16(14-19(21)24)12-15(2)26-17-8-5-4-6-9-17/h4-6,8-9,11,15-16,20,22-23H,3,7,10,12-14H2,1-2H3. The zero-order valence-corrected chi connectivity index (χ0v) is 16.4. The van der Waals surface area contributed by atoms with Crippen LogP contribution in [0.2, 0.25) is 0 Å². The van der Waals surface area contributed by atoms with Gasteiger partial charge >= 0.3 is 0 Å². The highest BCUT2D eigenvalue weighted by Gasteiger charge is 2.33. The van der Waals surface area contributed by atoms with Gasteiger partial charge in [-0.25, -0.2) is 0 Å². The van der Waals surface area contributed by atoms with Crippen LogP contribution in [0.3, 0.4) is 0 Å². The number of hydrogen-bond donors (Lipinski definition) is 2. The Morgan fingerprint density at radius 1 is 1.35 bits per heavy atom. The van der Waals surface area contributed by atoms with Crippen LogP contribution in [0.4, 0.5) is 0 Å². The zero-order chi connectivity index (χ0) is 18.9. The Morgan fingerprint density at radius 3 is 2.69 bits per heavy atom. The van der Waals surface area contributed by atoms with E-state index in [0.717, 1.165) is 6.42 Å². The van der Waals surface area contributed by atoms with Crippen molar-refractivity contribution in [1.82, 2.24) is 0 Å². The summed E-state index contributed by atoms with van der Waals surface area (Å²) in [7, 11) is 0. The lowest BCUT2D eigenvalue weighted by molar-refractivity contribution is -0.119. The molecule has 3 unspecified atom stereocenters. The lowest BCUT2D eigenvalue weighted by Gasteiger charge is -2.29. The van der Waals surface area contributed by atoms with Crippen LogP contribution in [-0.2, 0) is 9.53 Å². The fourth-order valence-electron chi connectivity index (χ4n) is 3.52. The number of nitrogens with one attached hydrogen (secondary N) is 1. The summed E-state index contributed by atoms with van der Waals surface area (Å²) in [4.78, 5) is 13.9. The number of aliphatic hydroxyl groups is 1. The third-order valence-corrected chi connectivity index (χ3v) is 5.72. The molecule has 3 atom stereocenters. The molecule has 1 aliphatic carbocycles. The van der Waals surface area contributed by atoms with Crippen molar-refractivity contribution in [3.8, 4) is 0 Å². The van der Waals surface area contributed by atoms with Gasteiger partial charge in [0.1, 0.15) is 5.76 Å². The molecule has 0 fully saturated rings. The Morgan fingerprint density at radius 2 is 2.08 bits per heavy atom. The molecule has 0 saturated carbocycles. The molecule has 0 aromatic heterocycles. The highest BCUT2D eigenvalue weighted by molar-refractivity contribution is 7.99. The first-order chi connectivity index (χ1) is 12.5. The van der Waals surface area contributed by atoms with E-state index in [9.17, 15) is 9.90 Å². The molecule has 2 N–H and O–H groups in total. The van der Waals surface area contributed by atoms with Crippen molar-refractivity contribution >= 4 is 23.8 Å². The molecule has 26 heavy (non-hydrogen) atoms. The third-order valence-electron chi connectivity index (χ3n) is 4.58. The van der Waals surface area contributed by atoms with Crippen molar-refractivity contribution in [2.24, 2.45) is 5.92 Å². The van der Waals surface area contributed by atoms with Crippen LogP contribution in [0.15, 0.2) is 46.6 Å². The minimum atomic E-state index is -0.397. The third kappa shape index (κ3) is 5.99. The number of benzene rings is 1. The molecular weight excluding hydrogens is 346 g/mol. The van der Waals surface area contributed by atoms with Gasteiger partial charge in [-0.15, -0.1) is 11.8 Å². The maximum atomic E-state index is 12.7. The van der Waals surface area contributed by atoms with Gasteiger partial charge < -0.3 is 15.3 Å². The number of aliphatic hydroxyl groups excluding tert-OH is 1. The fourth-order valence-corrected chi connectivity index (χ4v) is 4.66. The van der Waals surface area contributed by atoms with Crippen LogP contribution in [0, 0.1) is 11.3 Å². The molecule has 0 heterocycles. The molecule has 0 amide bonds. The van der Waals surface area contributed by atoms with Gasteiger partial charge in [0.2, 0.25) is 0 Å². The minimum Gasteiger partial charge on any atom is -0.512 e. The van der Waals surface area contributed by atoms with Gasteiger partial charge in [-0.2, -0.15) is 0 Å². The summed E-state index contributed by atoms with van der Waals surface area (Å²) in [6.45, 7) is 4.54. The van der Waals surface area contributed by atoms with E-state index in [1.807, 2.05) is 36.9 Å². The Hall–Kier alpha value is -1.59. The Kier molecular flexibility index (Phi) is 8.39. The van der Waals surface area contributed by atoms with Crippen molar-refractivity contribution < 1.29 is 14.6 Å². The minimum absolute atomic E-state index is 0.000841. The number of ether oxygens (including phenoxy) is 1.